The van der Waals surface area contributed by atoms with Gasteiger partial charge >= 0.3 is 5.97 Å². The average molecular weight is 367 g/mol. The van der Waals surface area contributed by atoms with Crippen molar-refractivity contribution >= 4 is 23.6 Å². The summed E-state index contributed by atoms with van der Waals surface area (Å²) < 4.78 is 10.5. The summed E-state index contributed by atoms with van der Waals surface area (Å²) in [7, 11) is 3.09. The zero-order chi connectivity index (χ0) is 19.4. The summed E-state index contributed by atoms with van der Waals surface area (Å²) in [5.74, 6) is -0.225. The van der Waals surface area contributed by atoms with Gasteiger partial charge in [-0.05, 0) is 48.2 Å². The predicted octanol–water partition coefficient (Wildman–Crippen LogP) is 3.15. The summed E-state index contributed by atoms with van der Waals surface area (Å²) in [6.07, 6.45) is 4.05. The molecule has 1 amide bonds. The molecule has 6 heteroatoms. The number of nitrogens with zero attached hydrogens (tertiary/aromatic N) is 1. The number of anilines is 1. The van der Waals surface area contributed by atoms with Crippen molar-refractivity contribution in [2.75, 3.05) is 19.1 Å². The Morgan fingerprint density at radius 2 is 1.85 bits per heavy atom. The maximum atomic E-state index is 12.8. The van der Waals surface area contributed by atoms with Crippen LogP contribution >= 0.6 is 0 Å². The van der Waals surface area contributed by atoms with E-state index in [1.54, 1.807) is 50.6 Å². The normalized spacial score (nSPS) is 16.1. The topological polar surface area (TPSA) is 76.1 Å². The van der Waals surface area contributed by atoms with Gasteiger partial charge in [-0.1, -0.05) is 24.3 Å². The van der Waals surface area contributed by atoms with E-state index in [2.05, 4.69) is 0 Å². The first-order valence-electron chi connectivity index (χ1n) is 8.59. The Balaban J connectivity index is 1.89. The number of fused-ring (bicyclic) bond motifs is 1. The molecule has 0 aromatic heterocycles. The Labute approximate surface area is 157 Å². The second-order valence-corrected chi connectivity index (χ2v) is 6.18. The maximum absolute atomic E-state index is 12.8. The largest absolute Gasteiger partial charge is 0.493 e. The zero-order valence-electron chi connectivity index (χ0n) is 15.2. The molecule has 2 aromatic carbocycles. The highest BCUT2D eigenvalue weighted by Gasteiger charge is 2.34. The minimum Gasteiger partial charge on any atom is -0.493 e. The molecule has 27 heavy (non-hydrogen) atoms. The number of carbonyl (C=O) groups is 2. The van der Waals surface area contributed by atoms with E-state index in [0.29, 0.717) is 30.0 Å². The molecule has 1 N–H and O–H groups in total. The summed E-state index contributed by atoms with van der Waals surface area (Å²) in [6, 6.07) is 11.8. The fourth-order valence-electron chi connectivity index (χ4n) is 3.26. The van der Waals surface area contributed by atoms with Crippen molar-refractivity contribution in [2.24, 2.45) is 0 Å². The van der Waals surface area contributed by atoms with Crippen molar-refractivity contribution in [3.8, 4) is 11.5 Å². The second kappa shape index (κ2) is 7.95. The van der Waals surface area contributed by atoms with Crippen LogP contribution in [0.25, 0.3) is 6.08 Å². The third kappa shape index (κ3) is 3.79. The number of rotatable bonds is 5. The number of aliphatic carboxylic acids is 1. The van der Waals surface area contributed by atoms with Gasteiger partial charge in [0, 0.05) is 11.8 Å². The van der Waals surface area contributed by atoms with E-state index in [0.717, 1.165) is 11.1 Å². The van der Waals surface area contributed by atoms with Crippen molar-refractivity contribution in [3.05, 3.63) is 59.7 Å². The van der Waals surface area contributed by atoms with Gasteiger partial charge in [-0.2, -0.15) is 0 Å². The van der Waals surface area contributed by atoms with Crippen LogP contribution in [0.15, 0.2) is 48.5 Å². The summed E-state index contributed by atoms with van der Waals surface area (Å²) in [4.78, 5) is 25.9. The van der Waals surface area contributed by atoms with Crippen molar-refractivity contribution in [1.82, 2.24) is 0 Å². The highest BCUT2D eigenvalue weighted by molar-refractivity contribution is 6.08. The fraction of sp³-hybridized carbons (Fsp3) is 0.238. The highest BCUT2D eigenvalue weighted by atomic mass is 16.5. The summed E-state index contributed by atoms with van der Waals surface area (Å²) >= 11 is 0. The molecule has 0 aliphatic carbocycles. The molecule has 0 fully saturated rings. The minimum absolute atomic E-state index is 0.371. The van der Waals surface area contributed by atoms with Gasteiger partial charge < -0.3 is 14.6 Å². The number of amides is 1. The van der Waals surface area contributed by atoms with Crippen LogP contribution in [0.2, 0.25) is 0 Å². The van der Waals surface area contributed by atoms with E-state index in [-0.39, 0.29) is 5.91 Å². The molecule has 1 aliphatic heterocycles. The number of hydrogen-bond donors (Lipinski definition) is 1. The Kier molecular flexibility index (Phi) is 5.45. The number of benzene rings is 2. The number of methoxy groups -OCH3 is 2. The van der Waals surface area contributed by atoms with Crippen LogP contribution in [0.3, 0.4) is 0 Å². The van der Waals surface area contributed by atoms with Crippen LogP contribution in [0.5, 0.6) is 11.5 Å². The van der Waals surface area contributed by atoms with E-state index in [9.17, 15) is 14.7 Å². The Morgan fingerprint density at radius 3 is 2.56 bits per heavy atom. The predicted molar refractivity (Wildman–Crippen MR) is 102 cm³/mol. The first-order chi connectivity index (χ1) is 13.0. The fourth-order valence-corrected chi connectivity index (χ4v) is 3.26. The van der Waals surface area contributed by atoms with Crippen LogP contribution < -0.4 is 14.4 Å². The maximum Gasteiger partial charge on any atom is 0.326 e. The molecule has 0 radical (unpaired) electrons. The molecule has 140 valence electrons. The number of carboxylic acid groups (broad SMARTS) is 1. The van der Waals surface area contributed by atoms with Gasteiger partial charge in [0.2, 0.25) is 0 Å². The van der Waals surface area contributed by atoms with Crippen molar-refractivity contribution in [3.63, 3.8) is 0 Å². The van der Waals surface area contributed by atoms with Gasteiger partial charge in [0.05, 0.1) is 14.2 Å². The standard InChI is InChI=1S/C21H21NO5/c1-26-18-11-7-14(13-19(18)27-2)8-12-20(23)22-16-6-4-3-5-15(16)9-10-17(22)21(24)25/h3-8,11-13,17H,9-10H2,1-2H3,(H,24,25). The monoisotopic (exact) mass is 367 g/mol. The van der Waals surface area contributed by atoms with Gasteiger partial charge in [-0.15, -0.1) is 0 Å². The summed E-state index contributed by atoms with van der Waals surface area (Å²) in [5.41, 5.74) is 2.37. The average Bonchev–Trinajstić information content (AvgIpc) is 2.70. The first kappa shape index (κ1) is 18.5. The van der Waals surface area contributed by atoms with Gasteiger partial charge in [0.25, 0.3) is 5.91 Å². The van der Waals surface area contributed by atoms with E-state index >= 15 is 0 Å². The van der Waals surface area contributed by atoms with Crippen LogP contribution in [0.4, 0.5) is 5.69 Å². The lowest BCUT2D eigenvalue weighted by molar-refractivity contribution is -0.140. The number of hydrogen-bond acceptors (Lipinski definition) is 4. The van der Waals surface area contributed by atoms with E-state index in [1.807, 2.05) is 12.1 Å². The van der Waals surface area contributed by atoms with Gasteiger partial charge in [-0.3, -0.25) is 9.69 Å². The molecule has 3 rings (SSSR count). The smallest absolute Gasteiger partial charge is 0.326 e. The van der Waals surface area contributed by atoms with Gasteiger partial charge in [0.15, 0.2) is 11.5 Å². The third-order valence-corrected chi connectivity index (χ3v) is 4.60. The van der Waals surface area contributed by atoms with Crippen LogP contribution in [0.1, 0.15) is 17.5 Å². The molecule has 1 aliphatic rings. The van der Waals surface area contributed by atoms with E-state index in [4.69, 9.17) is 9.47 Å². The molecular weight excluding hydrogens is 346 g/mol. The molecule has 1 atom stereocenters. The first-order valence-corrected chi connectivity index (χ1v) is 8.59. The number of carboxylic acids is 1. The lowest BCUT2D eigenvalue weighted by Crippen LogP contribution is -2.47. The SMILES string of the molecule is COc1ccc(C=CC(=O)N2c3ccccc3CCC2C(=O)O)cc1OC. The zero-order valence-corrected chi connectivity index (χ0v) is 15.2. The molecule has 2 aromatic rings. The van der Waals surface area contributed by atoms with Crippen molar-refractivity contribution in [1.29, 1.82) is 0 Å². The summed E-state index contributed by atoms with van der Waals surface area (Å²) in [6.45, 7) is 0. The quantitative estimate of drug-likeness (QED) is 0.822. The van der Waals surface area contributed by atoms with Crippen LogP contribution in [-0.4, -0.2) is 37.2 Å². The Bertz CT molecular complexity index is 890. The molecule has 1 unspecified atom stereocenters. The number of para-hydroxylation sites is 1. The third-order valence-electron chi connectivity index (χ3n) is 4.60. The van der Waals surface area contributed by atoms with Gasteiger partial charge in [0.1, 0.15) is 6.04 Å². The molecule has 6 nitrogen and oxygen atoms in total. The van der Waals surface area contributed by atoms with Gasteiger partial charge in [-0.25, -0.2) is 4.79 Å². The van der Waals surface area contributed by atoms with Crippen molar-refractivity contribution < 1.29 is 24.2 Å². The van der Waals surface area contributed by atoms with E-state index in [1.165, 1.54) is 11.0 Å². The Hall–Kier alpha value is -3.28. The van der Waals surface area contributed by atoms with Crippen molar-refractivity contribution in [2.45, 2.75) is 18.9 Å². The Morgan fingerprint density at radius 1 is 1.11 bits per heavy atom. The molecular formula is C21H21NO5. The molecule has 0 saturated heterocycles. The molecule has 0 saturated carbocycles. The second-order valence-electron chi connectivity index (χ2n) is 6.18. The number of carbonyl (C=O) groups excluding carboxylic acids is 1. The summed E-state index contributed by atoms with van der Waals surface area (Å²) in [5, 5.41) is 9.55. The molecule has 1 heterocycles. The highest BCUT2D eigenvalue weighted by Crippen LogP contribution is 2.31. The molecule has 0 spiro atoms. The lowest BCUT2D eigenvalue weighted by Gasteiger charge is -2.34. The van der Waals surface area contributed by atoms with E-state index < -0.39 is 12.0 Å². The number of aryl methyl sites for hydroxylation is 1. The van der Waals surface area contributed by atoms with Crippen LogP contribution in [-0.2, 0) is 16.0 Å². The van der Waals surface area contributed by atoms with Crippen LogP contribution in [0, 0.1) is 0 Å². The lowest BCUT2D eigenvalue weighted by atomic mass is 9.95. The molecule has 0 bridgehead atoms. The number of ether oxygens (including phenoxy) is 2. The minimum atomic E-state index is -1.00.